The third-order valence-electron chi connectivity index (χ3n) is 6.91. The molecule has 0 spiro atoms. The molecule has 1 saturated carbocycles. The van der Waals surface area contributed by atoms with Gasteiger partial charge in [0.25, 0.3) is 0 Å². The van der Waals surface area contributed by atoms with Gasteiger partial charge in [-0.05, 0) is 44.6 Å². The molecule has 0 unspecified atom stereocenters. The number of likely N-dealkylation sites (tertiary alicyclic amines) is 1. The molecule has 5 rings (SSSR count). The maximum Gasteiger partial charge on any atom is 0.246 e. The minimum absolute atomic E-state index is 0.146. The number of amides is 3. The van der Waals surface area contributed by atoms with Crippen molar-refractivity contribution in [3.8, 4) is 11.3 Å². The number of allylic oxidation sites excluding steroid dienone is 2. The molecule has 4 atom stereocenters. The van der Waals surface area contributed by atoms with Gasteiger partial charge in [-0.1, -0.05) is 19.1 Å². The van der Waals surface area contributed by atoms with E-state index in [0.717, 1.165) is 41.2 Å². The van der Waals surface area contributed by atoms with Crippen LogP contribution in [0.25, 0.3) is 11.3 Å². The fraction of sp³-hybridized carbons (Fsp3) is 0.478. The van der Waals surface area contributed by atoms with Crippen molar-refractivity contribution < 1.29 is 14.4 Å². The maximum absolute atomic E-state index is 12.8. The van der Waals surface area contributed by atoms with Gasteiger partial charge < -0.3 is 9.88 Å². The van der Waals surface area contributed by atoms with Crippen LogP contribution in [0.15, 0.2) is 23.6 Å². The summed E-state index contributed by atoms with van der Waals surface area (Å²) in [5, 5.41) is 5.17. The van der Waals surface area contributed by atoms with E-state index >= 15 is 0 Å². The largest absolute Gasteiger partial charge is 0.348 e. The van der Waals surface area contributed by atoms with Crippen molar-refractivity contribution in [2.24, 2.45) is 23.7 Å². The number of carbonyl (C=O) groups is 3. The quantitative estimate of drug-likeness (QED) is 0.554. The minimum Gasteiger partial charge on any atom is -0.348 e. The first-order valence-corrected chi connectivity index (χ1v) is 11.7. The van der Waals surface area contributed by atoms with Gasteiger partial charge >= 0.3 is 0 Å². The van der Waals surface area contributed by atoms with E-state index in [2.05, 4.69) is 53.9 Å². The Kier molecular flexibility index (Phi) is 4.84. The Labute approximate surface area is 185 Å². The maximum atomic E-state index is 12.8. The molecule has 0 radical (unpaired) electrons. The number of rotatable bonds is 6. The van der Waals surface area contributed by atoms with Gasteiger partial charge in [-0.25, -0.2) is 4.98 Å². The molecule has 31 heavy (non-hydrogen) atoms. The summed E-state index contributed by atoms with van der Waals surface area (Å²) >= 11 is 1.35. The molecule has 3 heterocycles. The molecule has 3 amide bonds. The number of fused-ring (bicyclic) bond motifs is 5. The van der Waals surface area contributed by atoms with Crippen molar-refractivity contribution in [2.45, 2.75) is 40.2 Å². The lowest BCUT2D eigenvalue weighted by molar-refractivity contribution is -0.143. The molecule has 2 aromatic heterocycles. The van der Waals surface area contributed by atoms with Crippen molar-refractivity contribution in [3.63, 3.8) is 0 Å². The summed E-state index contributed by atoms with van der Waals surface area (Å²) in [5.74, 6) is -1.06. The second-order valence-electron chi connectivity index (χ2n) is 8.79. The van der Waals surface area contributed by atoms with E-state index in [0.29, 0.717) is 5.13 Å². The Balaban J connectivity index is 1.27. The minimum atomic E-state index is -0.390. The van der Waals surface area contributed by atoms with E-state index in [1.54, 1.807) is 0 Å². The molecular weight excluding hydrogens is 412 g/mol. The normalized spacial score (nSPS) is 26.2. The number of aromatic nitrogens is 2. The number of thiazole rings is 1. The van der Waals surface area contributed by atoms with Crippen LogP contribution in [0.4, 0.5) is 5.13 Å². The monoisotopic (exact) mass is 438 g/mol. The number of aryl methyl sites for hydroxylation is 1. The van der Waals surface area contributed by atoms with Gasteiger partial charge in [0.2, 0.25) is 17.7 Å². The first-order chi connectivity index (χ1) is 14.9. The standard InChI is InChI=1S/C23H26N4O3S/c1-4-7-26-12(2)8-16(13(26)3)17-11-31-23(24-17)25-18(28)10-27-21(29)19-14-5-6-15(9-14)20(19)22(27)30/h5-6,8,11,14-15,19-20H,4,7,9-10H2,1-3H3,(H,24,25,28)/t14-,15-,19-,20+/m0/s1. The topological polar surface area (TPSA) is 84.3 Å². The van der Waals surface area contributed by atoms with Crippen LogP contribution in [0.1, 0.15) is 31.2 Å². The molecule has 3 aliphatic rings. The van der Waals surface area contributed by atoms with Crippen LogP contribution < -0.4 is 5.32 Å². The Bertz CT molecular complexity index is 1080. The number of anilines is 1. The predicted molar refractivity (Wildman–Crippen MR) is 118 cm³/mol. The number of nitrogens with one attached hydrogen (secondary N) is 1. The van der Waals surface area contributed by atoms with Crippen molar-refractivity contribution in [3.05, 3.63) is 35.0 Å². The number of nitrogens with zero attached hydrogens (tertiary/aromatic N) is 3. The molecule has 2 fully saturated rings. The van der Waals surface area contributed by atoms with Gasteiger partial charge in [0, 0.05) is 28.9 Å². The van der Waals surface area contributed by atoms with Crippen molar-refractivity contribution >= 4 is 34.2 Å². The van der Waals surface area contributed by atoms with Gasteiger partial charge in [0.1, 0.15) is 6.54 Å². The Morgan fingerprint density at radius 2 is 1.87 bits per heavy atom. The Morgan fingerprint density at radius 1 is 1.19 bits per heavy atom. The number of imide groups is 1. The van der Waals surface area contributed by atoms with Gasteiger partial charge in [-0.15, -0.1) is 11.3 Å². The van der Waals surface area contributed by atoms with Crippen LogP contribution in [0.3, 0.4) is 0 Å². The second kappa shape index (κ2) is 7.44. The summed E-state index contributed by atoms with van der Waals surface area (Å²) in [4.78, 5) is 43.9. The molecule has 7 nitrogen and oxygen atoms in total. The smallest absolute Gasteiger partial charge is 0.246 e. The van der Waals surface area contributed by atoms with Crippen molar-refractivity contribution in [2.75, 3.05) is 11.9 Å². The third-order valence-corrected chi connectivity index (χ3v) is 7.67. The molecule has 2 bridgehead atoms. The van der Waals surface area contributed by atoms with Crippen LogP contribution >= 0.6 is 11.3 Å². The molecular formula is C23H26N4O3S. The number of hydrogen-bond acceptors (Lipinski definition) is 5. The van der Waals surface area contributed by atoms with E-state index in [1.165, 1.54) is 17.0 Å². The fourth-order valence-corrected chi connectivity index (χ4v) is 6.23. The van der Waals surface area contributed by atoms with Crippen LogP contribution in [0, 0.1) is 37.5 Å². The molecule has 2 aliphatic carbocycles. The van der Waals surface area contributed by atoms with E-state index < -0.39 is 0 Å². The zero-order chi connectivity index (χ0) is 21.9. The summed E-state index contributed by atoms with van der Waals surface area (Å²) < 4.78 is 2.27. The average Bonchev–Trinajstić information content (AvgIpc) is 3.54. The van der Waals surface area contributed by atoms with Crippen LogP contribution in [-0.2, 0) is 20.9 Å². The van der Waals surface area contributed by atoms with E-state index in [1.807, 2.05) is 5.38 Å². The molecule has 1 saturated heterocycles. The van der Waals surface area contributed by atoms with Crippen LogP contribution in [0.2, 0.25) is 0 Å². The van der Waals surface area contributed by atoms with Gasteiger partial charge in [0.05, 0.1) is 17.5 Å². The first-order valence-electron chi connectivity index (χ1n) is 10.8. The zero-order valence-electron chi connectivity index (χ0n) is 17.9. The Morgan fingerprint density at radius 3 is 2.52 bits per heavy atom. The summed E-state index contributed by atoms with van der Waals surface area (Å²) in [5.41, 5.74) is 4.23. The summed E-state index contributed by atoms with van der Waals surface area (Å²) in [7, 11) is 0. The molecule has 1 aliphatic heterocycles. The van der Waals surface area contributed by atoms with Crippen molar-refractivity contribution in [1.29, 1.82) is 0 Å². The van der Waals surface area contributed by atoms with Crippen LogP contribution in [-0.4, -0.2) is 38.7 Å². The average molecular weight is 439 g/mol. The Hall–Kier alpha value is -2.74. The van der Waals surface area contributed by atoms with Crippen LogP contribution in [0.5, 0.6) is 0 Å². The molecule has 2 aromatic rings. The van der Waals surface area contributed by atoms with Gasteiger partial charge in [-0.2, -0.15) is 0 Å². The molecule has 162 valence electrons. The second-order valence-corrected chi connectivity index (χ2v) is 9.64. The summed E-state index contributed by atoms with van der Waals surface area (Å²) in [6, 6.07) is 2.12. The highest BCUT2D eigenvalue weighted by Gasteiger charge is 2.59. The van der Waals surface area contributed by atoms with Gasteiger partial charge in [0.15, 0.2) is 5.13 Å². The van der Waals surface area contributed by atoms with Crippen molar-refractivity contribution in [1.82, 2.24) is 14.5 Å². The number of carbonyl (C=O) groups excluding carboxylic acids is 3. The highest BCUT2D eigenvalue weighted by Crippen LogP contribution is 2.52. The fourth-order valence-electron chi connectivity index (χ4n) is 5.51. The molecule has 1 N–H and O–H groups in total. The lowest BCUT2D eigenvalue weighted by atomic mass is 9.85. The molecule has 0 aromatic carbocycles. The van der Waals surface area contributed by atoms with E-state index in [-0.39, 0.29) is 47.9 Å². The first kappa shape index (κ1) is 20.2. The highest BCUT2D eigenvalue weighted by atomic mass is 32.1. The summed E-state index contributed by atoms with van der Waals surface area (Å²) in [6.45, 7) is 7.04. The zero-order valence-corrected chi connectivity index (χ0v) is 18.7. The number of hydrogen-bond donors (Lipinski definition) is 1. The predicted octanol–water partition coefficient (Wildman–Crippen LogP) is 3.38. The molecule has 8 heteroatoms. The summed E-state index contributed by atoms with van der Waals surface area (Å²) in [6.07, 6.45) is 6.04. The van der Waals surface area contributed by atoms with Gasteiger partial charge in [-0.3, -0.25) is 19.3 Å². The third kappa shape index (κ3) is 3.15. The van der Waals surface area contributed by atoms with E-state index in [4.69, 9.17) is 0 Å². The highest BCUT2D eigenvalue weighted by molar-refractivity contribution is 7.14. The lowest BCUT2D eigenvalue weighted by Gasteiger charge is -2.16. The van der Waals surface area contributed by atoms with E-state index in [9.17, 15) is 14.4 Å². The SMILES string of the molecule is CCCn1c(C)cc(-c2csc(NC(=O)CN3C(=O)[C@@H]4[C@H](C3=O)[C@H]3C=C[C@H]4C3)n2)c1C. The lowest BCUT2D eigenvalue weighted by Crippen LogP contribution is -2.39.